The number of hydrogen-bond donors (Lipinski definition) is 1. The molecule has 1 atom stereocenters. The van der Waals surface area contributed by atoms with Gasteiger partial charge < -0.3 is 10.1 Å². The van der Waals surface area contributed by atoms with Gasteiger partial charge in [0.05, 0.1) is 12.2 Å². The maximum atomic E-state index is 5.67. The molecule has 0 saturated carbocycles. The van der Waals surface area contributed by atoms with Crippen LogP contribution in [-0.4, -0.2) is 12.6 Å². The van der Waals surface area contributed by atoms with E-state index in [1.165, 1.54) is 0 Å². The van der Waals surface area contributed by atoms with Crippen LogP contribution in [0.1, 0.15) is 6.42 Å². The molecule has 2 heteroatoms. The number of rotatable bonds is 1. The quantitative estimate of drug-likeness (QED) is 0.655. The highest BCUT2D eigenvalue weighted by molar-refractivity contribution is 5.57. The molecule has 0 radical (unpaired) electrons. The second kappa shape index (κ2) is 3.40. The highest BCUT2D eigenvalue weighted by Gasteiger charge is 2.16. The van der Waals surface area contributed by atoms with Crippen molar-refractivity contribution in [1.29, 1.82) is 0 Å². The lowest BCUT2D eigenvalue weighted by Gasteiger charge is -2.25. The van der Waals surface area contributed by atoms with Crippen molar-refractivity contribution in [3.63, 3.8) is 0 Å². The van der Waals surface area contributed by atoms with Crippen LogP contribution in [0.3, 0.4) is 0 Å². The van der Waals surface area contributed by atoms with E-state index in [1.54, 1.807) is 0 Å². The number of ether oxygens (including phenoxy) is 1. The van der Waals surface area contributed by atoms with E-state index in [-0.39, 0.29) is 6.10 Å². The molecule has 0 amide bonds. The standard InChI is InChI=1S/C11H11NO/c1-2-5-9-8-12-10-6-3-4-7-11(10)13-9/h1,3-4,6-7,9,12H,5,8H2. The van der Waals surface area contributed by atoms with E-state index >= 15 is 0 Å². The zero-order chi connectivity index (χ0) is 9.10. The molecule has 13 heavy (non-hydrogen) atoms. The first-order chi connectivity index (χ1) is 6.40. The minimum atomic E-state index is 0.111. The van der Waals surface area contributed by atoms with E-state index in [0.29, 0.717) is 6.42 Å². The summed E-state index contributed by atoms with van der Waals surface area (Å²) in [5.41, 5.74) is 1.05. The number of para-hydroxylation sites is 2. The van der Waals surface area contributed by atoms with Crippen molar-refractivity contribution < 1.29 is 4.74 Å². The second-order valence-corrected chi connectivity index (χ2v) is 3.03. The van der Waals surface area contributed by atoms with Gasteiger partial charge in [0.25, 0.3) is 0 Å². The molecular weight excluding hydrogens is 162 g/mol. The van der Waals surface area contributed by atoms with Gasteiger partial charge in [-0.1, -0.05) is 12.1 Å². The van der Waals surface area contributed by atoms with Crippen LogP contribution in [0.5, 0.6) is 5.75 Å². The Hall–Kier alpha value is -1.62. The normalized spacial score (nSPS) is 19.2. The van der Waals surface area contributed by atoms with E-state index in [2.05, 4.69) is 11.2 Å². The van der Waals surface area contributed by atoms with Gasteiger partial charge in [0.15, 0.2) is 0 Å². The number of nitrogens with one attached hydrogen (secondary N) is 1. The molecule has 0 aromatic heterocycles. The molecule has 2 nitrogen and oxygen atoms in total. The van der Waals surface area contributed by atoms with Crippen LogP contribution in [0, 0.1) is 12.3 Å². The predicted molar refractivity (Wildman–Crippen MR) is 52.8 cm³/mol. The van der Waals surface area contributed by atoms with Crippen molar-refractivity contribution in [2.75, 3.05) is 11.9 Å². The van der Waals surface area contributed by atoms with Crippen molar-refractivity contribution in [3.8, 4) is 18.1 Å². The van der Waals surface area contributed by atoms with Crippen LogP contribution < -0.4 is 10.1 Å². The molecular formula is C11H11NO. The summed E-state index contributed by atoms with van der Waals surface area (Å²) in [5.74, 6) is 3.50. The Balaban J connectivity index is 2.16. The van der Waals surface area contributed by atoms with Gasteiger partial charge in [-0.3, -0.25) is 0 Å². The van der Waals surface area contributed by atoms with E-state index in [9.17, 15) is 0 Å². The summed E-state index contributed by atoms with van der Waals surface area (Å²) in [6.45, 7) is 0.793. The van der Waals surface area contributed by atoms with Gasteiger partial charge in [-0.2, -0.15) is 0 Å². The molecule has 66 valence electrons. The largest absolute Gasteiger partial charge is 0.485 e. The van der Waals surface area contributed by atoms with Gasteiger partial charge in [0.2, 0.25) is 0 Å². The van der Waals surface area contributed by atoms with Gasteiger partial charge in [-0.15, -0.1) is 12.3 Å². The number of benzene rings is 1. The second-order valence-electron chi connectivity index (χ2n) is 3.03. The average molecular weight is 173 g/mol. The molecule has 1 heterocycles. The Morgan fingerprint density at radius 1 is 1.54 bits per heavy atom. The maximum Gasteiger partial charge on any atom is 0.142 e. The molecule has 0 saturated heterocycles. The highest BCUT2D eigenvalue weighted by Crippen LogP contribution is 2.28. The highest BCUT2D eigenvalue weighted by atomic mass is 16.5. The zero-order valence-electron chi connectivity index (χ0n) is 7.29. The first-order valence-electron chi connectivity index (χ1n) is 4.33. The van der Waals surface area contributed by atoms with Gasteiger partial charge in [-0.25, -0.2) is 0 Å². The lowest BCUT2D eigenvalue weighted by molar-refractivity contribution is 0.212. The molecule has 2 rings (SSSR count). The van der Waals surface area contributed by atoms with Crippen LogP contribution in [0.4, 0.5) is 5.69 Å². The van der Waals surface area contributed by atoms with Crippen molar-refractivity contribution in [3.05, 3.63) is 24.3 Å². The SMILES string of the molecule is C#CCC1CNc2ccccc2O1. The van der Waals surface area contributed by atoms with Crippen molar-refractivity contribution in [2.45, 2.75) is 12.5 Å². The molecule has 1 unspecified atom stereocenters. The molecule has 0 spiro atoms. The number of hydrogen-bond acceptors (Lipinski definition) is 2. The van der Waals surface area contributed by atoms with E-state index < -0.39 is 0 Å². The predicted octanol–water partition coefficient (Wildman–Crippen LogP) is 1.88. The molecule has 0 bridgehead atoms. The van der Waals surface area contributed by atoms with Gasteiger partial charge in [0.1, 0.15) is 11.9 Å². The van der Waals surface area contributed by atoms with Crippen molar-refractivity contribution in [2.24, 2.45) is 0 Å². The summed E-state index contributed by atoms with van der Waals surface area (Å²) in [4.78, 5) is 0. The van der Waals surface area contributed by atoms with Crippen LogP contribution >= 0.6 is 0 Å². The van der Waals surface area contributed by atoms with Crippen molar-refractivity contribution >= 4 is 5.69 Å². The molecule has 1 aromatic rings. The Kier molecular flexibility index (Phi) is 2.09. The monoisotopic (exact) mass is 173 g/mol. The lowest BCUT2D eigenvalue weighted by Crippen LogP contribution is -2.30. The Morgan fingerprint density at radius 2 is 2.38 bits per heavy atom. The van der Waals surface area contributed by atoms with Crippen LogP contribution in [-0.2, 0) is 0 Å². The molecule has 0 aliphatic carbocycles. The van der Waals surface area contributed by atoms with E-state index in [0.717, 1.165) is 18.0 Å². The Morgan fingerprint density at radius 3 is 3.23 bits per heavy atom. The number of anilines is 1. The van der Waals surface area contributed by atoms with Crippen LogP contribution in [0.2, 0.25) is 0 Å². The number of terminal acetylenes is 1. The zero-order valence-corrected chi connectivity index (χ0v) is 7.29. The third kappa shape index (κ3) is 1.59. The summed E-state index contributed by atoms with van der Waals surface area (Å²) in [6, 6.07) is 7.89. The van der Waals surface area contributed by atoms with Crippen LogP contribution in [0.25, 0.3) is 0 Å². The van der Waals surface area contributed by atoms with Gasteiger partial charge >= 0.3 is 0 Å². The summed E-state index contributed by atoms with van der Waals surface area (Å²) in [6.07, 6.45) is 5.99. The Labute approximate surface area is 77.9 Å². The van der Waals surface area contributed by atoms with Crippen LogP contribution in [0.15, 0.2) is 24.3 Å². The summed E-state index contributed by atoms with van der Waals surface area (Å²) < 4.78 is 5.67. The van der Waals surface area contributed by atoms with E-state index in [1.807, 2.05) is 24.3 Å². The molecule has 1 aromatic carbocycles. The lowest BCUT2D eigenvalue weighted by atomic mass is 10.2. The first kappa shape index (κ1) is 8.00. The minimum absolute atomic E-state index is 0.111. The fourth-order valence-corrected chi connectivity index (χ4v) is 1.41. The summed E-state index contributed by atoms with van der Waals surface area (Å²) in [7, 11) is 0. The van der Waals surface area contributed by atoms with Crippen molar-refractivity contribution in [1.82, 2.24) is 0 Å². The van der Waals surface area contributed by atoms with Gasteiger partial charge in [0, 0.05) is 6.42 Å². The topological polar surface area (TPSA) is 21.3 Å². The molecule has 1 N–H and O–H groups in total. The third-order valence-corrected chi connectivity index (χ3v) is 2.05. The first-order valence-corrected chi connectivity index (χ1v) is 4.33. The minimum Gasteiger partial charge on any atom is -0.485 e. The number of fused-ring (bicyclic) bond motifs is 1. The molecule has 1 aliphatic heterocycles. The smallest absolute Gasteiger partial charge is 0.142 e. The summed E-state index contributed by atoms with van der Waals surface area (Å²) in [5, 5.41) is 3.28. The summed E-state index contributed by atoms with van der Waals surface area (Å²) >= 11 is 0. The Bertz CT molecular complexity index is 340. The molecule has 0 fully saturated rings. The van der Waals surface area contributed by atoms with E-state index in [4.69, 9.17) is 11.2 Å². The molecule has 1 aliphatic rings. The maximum absolute atomic E-state index is 5.67. The third-order valence-electron chi connectivity index (χ3n) is 2.05. The fourth-order valence-electron chi connectivity index (χ4n) is 1.41. The van der Waals surface area contributed by atoms with Gasteiger partial charge in [-0.05, 0) is 12.1 Å². The average Bonchev–Trinajstić information content (AvgIpc) is 2.18. The fraction of sp³-hybridized carbons (Fsp3) is 0.273.